The molecule has 0 fully saturated rings. The molecule has 2 aromatic carbocycles. The Bertz CT molecular complexity index is 692. The van der Waals surface area contributed by atoms with Crippen LogP contribution < -0.4 is 14.8 Å². The average Bonchev–Trinajstić information content (AvgIpc) is 2.63. The Morgan fingerprint density at radius 3 is 2.56 bits per heavy atom. The fourth-order valence-corrected chi connectivity index (χ4v) is 3.13. The van der Waals surface area contributed by atoms with Crippen molar-refractivity contribution in [1.29, 1.82) is 0 Å². The quantitative estimate of drug-likeness (QED) is 0.545. The van der Waals surface area contributed by atoms with Crippen LogP contribution >= 0.6 is 11.8 Å². The third-order valence-corrected chi connectivity index (χ3v) is 4.66. The molecule has 0 saturated heterocycles. The molecule has 4 nitrogen and oxygen atoms in total. The summed E-state index contributed by atoms with van der Waals surface area (Å²) in [6, 6.07) is 11.8. The van der Waals surface area contributed by atoms with Gasteiger partial charge in [0.25, 0.3) is 0 Å². The van der Waals surface area contributed by atoms with E-state index in [1.54, 1.807) is 50.2 Å². The molecule has 1 N–H and O–H groups in total. The van der Waals surface area contributed by atoms with Gasteiger partial charge in [-0.2, -0.15) is 0 Å². The summed E-state index contributed by atoms with van der Waals surface area (Å²) in [5.74, 6) is 1.93. The van der Waals surface area contributed by atoms with Crippen molar-refractivity contribution >= 4 is 17.7 Å². The van der Waals surface area contributed by atoms with Gasteiger partial charge in [-0.1, -0.05) is 0 Å². The zero-order valence-corrected chi connectivity index (χ0v) is 15.2. The molecule has 0 aromatic heterocycles. The number of carbonyl (C=O) groups is 1. The molecule has 0 heterocycles. The van der Waals surface area contributed by atoms with E-state index in [0.717, 1.165) is 22.6 Å². The molecule has 0 bridgehead atoms. The minimum absolute atomic E-state index is 0.0571. The number of halogens is 1. The SMILES string of the molecule is COc1ccc(OC)c(CC(=O)NCCCSc2ccc(F)cc2)c1. The summed E-state index contributed by atoms with van der Waals surface area (Å²) in [5, 5.41) is 2.91. The van der Waals surface area contributed by atoms with Crippen LogP contribution in [0.2, 0.25) is 0 Å². The van der Waals surface area contributed by atoms with Gasteiger partial charge in [0, 0.05) is 17.0 Å². The molecule has 1 amide bonds. The molecular weight excluding hydrogens is 341 g/mol. The highest BCUT2D eigenvalue weighted by Crippen LogP contribution is 2.24. The molecule has 0 saturated carbocycles. The molecule has 134 valence electrons. The third-order valence-electron chi connectivity index (χ3n) is 3.56. The number of hydrogen-bond donors (Lipinski definition) is 1. The van der Waals surface area contributed by atoms with Crippen LogP contribution in [-0.2, 0) is 11.2 Å². The Kier molecular flexibility index (Phi) is 7.60. The average molecular weight is 363 g/mol. The minimum atomic E-state index is -0.232. The smallest absolute Gasteiger partial charge is 0.224 e. The summed E-state index contributed by atoms with van der Waals surface area (Å²) in [6.45, 7) is 0.597. The Balaban J connectivity index is 1.73. The van der Waals surface area contributed by atoms with Crippen molar-refractivity contribution in [2.75, 3.05) is 26.5 Å². The van der Waals surface area contributed by atoms with Gasteiger partial charge in [-0.05, 0) is 54.6 Å². The second-order valence-electron chi connectivity index (χ2n) is 5.36. The lowest BCUT2D eigenvalue weighted by molar-refractivity contribution is -0.120. The van der Waals surface area contributed by atoms with Crippen LogP contribution in [0.25, 0.3) is 0 Å². The first-order valence-corrected chi connectivity index (χ1v) is 8.97. The van der Waals surface area contributed by atoms with Gasteiger partial charge in [-0.3, -0.25) is 4.79 Å². The number of benzene rings is 2. The molecular formula is C19H22FNO3S. The van der Waals surface area contributed by atoms with E-state index in [1.807, 2.05) is 6.07 Å². The number of rotatable bonds is 9. The second-order valence-corrected chi connectivity index (χ2v) is 6.53. The van der Waals surface area contributed by atoms with E-state index < -0.39 is 0 Å². The van der Waals surface area contributed by atoms with E-state index in [2.05, 4.69) is 5.32 Å². The van der Waals surface area contributed by atoms with E-state index in [0.29, 0.717) is 18.0 Å². The highest BCUT2D eigenvalue weighted by Gasteiger charge is 2.10. The first-order chi connectivity index (χ1) is 12.1. The van der Waals surface area contributed by atoms with Crippen molar-refractivity contribution < 1.29 is 18.7 Å². The van der Waals surface area contributed by atoms with Crippen LogP contribution in [0.5, 0.6) is 11.5 Å². The number of amides is 1. The zero-order valence-electron chi connectivity index (χ0n) is 14.4. The van der Waals surface area contributed by atoms with Gasteiger partial charge in [0.2, 0.25) is 5.91 Å². The molecule has 2 aromatic rings. The van der Waals surface area contributed by atoms with Gasteiger partial charge in [0.1, 0.15) is 17.3 Å². The summed E-state index contributed by atoms with van der Waals surface area (Å²) < 4.78 is 23.3. The van der Waals surface area contributed by atoms with Crippen molar-refractivity contribution in [1.82, 2.24) is 5.32 Å². The second kappa shape index (κ2) is 9.93. The first-order valence-electron chi connectivity index (χ1n) is 7.98. The van der Waals surface area contributed by atoms with Crippen molar-refractivity contribution in [3.63, 3.8) is 0 Å². The van der Waals surface area contributed by atoms with Gasteiger partial charge in [-0.25, -0.2) is 4.39 Å². The lowest BCUT2D eigenvalue weighted by Gasteiger charge is -2.11. The Labute approximate surface area is 151 Å². The molecule has 0 aliphatic carbocycles. The summed E-state index contributed by atoms with van der Waals surface area (Å²) in [6.07, 6.45) is 1.08. The highest BCUT2D eigenvalue weighted by molar-refractivity contribution is 7.99. The van der Waals surface area contributed by atoms with Crippen LogP contribution in [-0.4, -0.2) is 32.4 Å². The molecule has 0 aliphatic rings. The summed E-state index contributed by atoms with van der Waals surface area (Å²) in [7, 11) is 3.17. The molecule has 2 rings (SSSR count). The Morgan fingerprint density at radius 1 is 1.12 bits per heavy atom. The predicted octanol–water partition coefficient (Wildman–Crippen LogP) is 3.68. The van der Waals surface area contributed by atoms with Crippen molar-refractivity contribution in [3.8, 4) is 11.5 Å². The van der Waals surface area contributed by atoms with E-state index in [1.165, 1.54) is 12.1 Å². The zero-order chi connectivity index (χ0) is 18.1. The van der Waals surface area contributed by atoms with Gasteiger partial charge < -0.3 is 14.8 Å². The summed E-state index contributed by atoms with van der Waals surface area (Å²) in [4.78, 5) is 13.1. The fourth-order valence-electron chi connectivity index (χ4n) is 2.28. The Morgan fingerprint density at radius 2 is 1.88 bits per heavy atom. The van der Waals surface area contributed by atoms with Crippen LogP contribution in [0, 0.1) is 5.82 Å². The number of methoxy groups -OCH3 is 2. The largest absolute Gasteiger partial charge is 0.497 e. The maximum atomic E-state index is 12.8. The fraction of sp³-hybridized carbons (Fsp3) is 0.316. The topological polar surface area (TPSA) is 47.6 Å². The predicted molar refractivity (Wildman–Crippen MR) is 98.0 cm³/mol. The molecule has 6 heteroatoms. The van der Waals surface area contributed by atoms with Crippen LogP contribution in [0.1, 0.15) is 12.0 Å². The van der Waals surface area contributed by atoms with Crippen molar-refractivity contribution in [2.45, 2.75) is 17.7 Å². The number of carbonyl (C=O) groups excluding carboxylic acids is 1. The standard InChI is InChI=1S/C19H22FNO3S/c1-23-16-6-9-18(24-2)14(12-16)13-19(22)21-10-3-11-25-17-7-4-15(20)5-8-17/h4-9,12H,3,10-11,13H2,1-2H3,(H,21,22). The molecule has 0 atom stereocenters. The lowest BCUT2D eigenvalue weighted by Crippen LogP contribution is -2.26. The van der Waals surface area contributed by atoms with Crippen LogP contribution in [0.15, 0.2) is 47.4 Å². The number of hydrogen-bond acceptors (Lipinski definition) is 4. The van der Waals surface area contributed by atoms with Crippen LogP contribution in [0.3, 0.4) is 0 Å². The summed E-state index contributed by atoms with van der Waals surface area (Å²) >= 11 is 1.64. The monoisotopic (exact) mass is 363 g/mol. The van der Waals surface area contributed by atoms with E-state index in [-0.39, 0.29) is 18.1 Å². The Hall–Kier alpha value is -2.21. The maximum absolute atomic E-state index is 12.8. The van der Waals surface area contributed by atoms with Crippen LogP contribution in [0.4, 0.5) is 4.39 Å². The highest BCUT2D eigenvalue weighted by atomic mass is 32.2. The normalized spacial score (nSPS) is 10.4. The van der Waals surface area contributed by atoms with E-state index in [9.17, 15) is 9.18 Å². The van der Waals surface area contributed by atoms with Gasteiger partial charge in [0.15, 0.2) is 0 Å². The molecule has 0 spiro atoms. The van der Waals surface area contributed by atoms with E-state index >= 15 is 0 Å². The van der Waals surface area contributed by atoms with E-state index in [4.69, 9.17) is 9.47 Å². The van der Waals surface area contributed by atoms with Crippen molar-refractivity contribution in [3.05, 3.63) is 53.8 Å². The summed E-state index contributed by atoms with van der Waals surface area (Å²) in [5.41, 5.74) is 0.792. The minimum Gasteiger partial charge on any atom is -0.497 e. The van der Waals surface area contributed by atoms with Crippen molar-refractivity contribution in [2.24, 2.45) is 0 Å². The molecule has 0 aliphatic heterocycles. The van der Waals surface area contributed by atoms with Gasteiger partial charge >= 0.3 is 0 Å². The molecule has 0 unspecified atom stereocenters. The number of thioether (sulfide) groups is 1. The maximum Gasteiger partial charge on any atom is 0.224 e. The third kappa shape index (κ3) is 6.31. The molecule has 25 heavy (non-hydrogen) atoms. The molecule has 0 radical (unpaired) electrons. The number of ether oxygens (including phenoxy) is 2. The van der Waals surface area contributed by atoms with Gasteiger partial charge in [0.05, 0.1) is 20.6 Å². The lowest BCUT2D eigenvalue weighted by atomic mass is 10.1. The van der Waals surface area contributed by atoms with Gasteiger partial charge in [-0.15, -0.1) is 11.8 Å². The first kappa shape index (κ1) is 19.1. The number of nitrogens with one attached hydrogen (secondary N) is 1.